The maximum absolute atomic E-state index is 13.6. The quantitative estimate of drug-likeness (QED) is 0.272. The van der Waals surface area contributed by atoms with Gasteiger partial charge in [-0.05, 0) is 89.8 Å². The third kappa shape index (κ3) is 4.08. The Balaban J connectivity index is 1.48. The second-order valence-electron chi connectivity index (χ2n) is 10.6. The van der Waals surface area contributed by atoms with Gasteiger partial charge in [0.1, 0.15) is 17.2 Å². The lowest BCUT2D eigenvalue weighted by Crippen LogP contribution is -2.52. The Bertz CT molecular complexity index is 1600. The molecule has 3 saturated carbocycles. The number of nitrogens with one attached hydrogen (secondary N) is 1. The molecule has 0 radical (unpaired) electrons. The molecule has 4 aromatic rings. The van der Waals surface area contributed by atoms with Crippen LogP contribution in [0, 0.1) is 17.2 Å². The number of benzene rings is 3. The van der Waals surface area contributed by atoms with E-state index in [1.165, 1.54) is 31.3 Å². The number of hydrogen-bond acceptors (Lipinski definition) is 4. The predicted octanol–water partition coefficient (Wildman–Crippen LogP) is 6.27. The molecular formula is C31H26FNO5. The van der Waals surface area contributed by atoms with Crippen molar-refractivity contribution < 1.29 is 28.3 Å². The lowest BCUT2D eigenvalue weighted by atomic mass is 9.43. The lowest BCUT2D eigenvalue weighted by molar-refractivity contribution is -0.136. The number of carboxylic acids is 1. The van der Waals surface area contributed by atoms with Crippen LogP contribution in [0.15, 0.2) is 65.1 Å². The zero-order valence-corrected chi connectivity index (χ0v) is 20.8. The van der Waals surface area contributed by atoms with E-state index in [0.29, 0.717) is 45.2 Å². The Kier molecular flexibility index (Phi) is 5.67. The van der Waals surface area contributed by atoms with Gasteiger partial charge < -0.3 is 14.8 Å². The summed E-state index contributed by atoms with van der Waals surface area (Å²) in [5.41, 5.74) is 3.71. The minimum Gasteiger partial charge on any atom is -0.481 e. The van der Waals surface area contributed by atoms with E-state index >= 15 is 0 Å². The number of fused-ring (bicyclic) bond motifs is 1. The first-order valence-corrected chi connectivity index (χ1v) is 12.7. The minimum atomic E-state index is -1.02. The number of amides is 1. The molecule has 1 amide bonds. The fourth-order valence-electron chi connectivity index (χ4n) is 6.09. The van der Waals surface area contributed by atoms with Crippen LogP contribution in [0.5, 0.6) is 0 Å². The van der Waals surface area contributed by atoms with Gasteiger partial charge >= 0.3 is 5.97 Å². The predicted molar refractivity (Wildman–Crippen MR) is 140 cm³/mol. The Morgan fingerprint density at radius 2 is 1.76 bits per heavy atom. The summed E-state index contributed by atoms with van der Waals surface area (Å²) in [7, 11) is 1.51. The van der Waals surface area contributed by atoms with E-state index in [2.05, 4.69) is 5.32 Å². The van der Waals surface area contributed by atoms with Crippen LogP contribution < -0.4 is 5.32 Å². The van der Waals surface area contributed by atoms with Gasteiger partial charge in [0.05, 0.1) is 12.0 Å². The molecule has 3 fully saturated rings. The zero-order chi connectivity index (χ0) is 26.6. The lowest BCUT2D eigenvalue weighted by Gasteiger charge is -2.62. The van der Waals surface area contributed by atoms with Crippen LogP contribution in [0.2, 0.25) is 0 Å². The fourth-order valence-corrected chi connectivity index (χ4v) is 6.09. The number of carbonyl (C=O) groups excluding carboxylic acids is 2. The summed E-state index contributed by atoms with van der Waals surface area (Å²) in [6.07, 6.45) is 3.68. The summed E-state index contributed by atoms with van der Waals surface area (Å²) >= 11 is 0. The zero-order valence-electron chi connectivity index (χ0n) is 20.8. The van der Waals surface area contributed by atoms with Crippen molar-refractivity contribution in [2.24, 2.45) is 11.3 Å². The number of halogens is 1. The Labute approximate surface area is 218 Å². The monoisotopic (exact) mass is 511 g/mol. The fraction of sp³-hybridized carbons (Fsp3) is 0.258. The molecule has 6 nitrogen and oxygen atoms in total. The Hall–Kier alpha value is -4.26. The summed E-state index contributed by atoms with van der Waals surface area (Å²) in [5, 5.41) is 12.8. The van der Waals surface area contributed by atoms with Crippen molar-refractivity contribution in [1.82, 2.24) is 5.32 Å². The molecule has 0 aliphatic heterocycles. The van der Waals surface area contributed by atoms with Crippen molar-refractivity contribution in [3.8, 4) is 22.5 Å². The standard InChI is InChI=1S/C31H26FNO5/c1-33-30(37)28-24-12-23(19-3-2-4-20(9-19)25(34)16-31-13-17(14-31)15-31)21(11-27(35)36)10-26(24)38-29(28)18-5-7-22(32)8-6-18/h2-10,12,17H,11,13-16H2,1H3,(H,33,37)(H,35,36). The molecule has 7 heteroatoms. The molecule has 7 rings (SSSR count). The van der Waals surface area contributed by atoms with Gasteiger partial charge in [0, 0.05) is 30.0 Å². The van der Waals surface area contributed by atoms with E-state index in [1.807, 2.05) is 6.07 Å². The number of Topliss-reactive ketones (excluding diaryl/α,β-unsaturated/α-hetero) is 1. The molecule has 0 saturated heterocycles. The highest BCUT2D eigenvalue weighted by atomic mass is 19.1. The van der Waals surface area contributed by atoms with Crippen LogP contribution in [0.3, 0.4) is 0 Å². The van der Waals surface area contributed by atoms with Crippen molar-refractivity contribution in [3.05, 3.63) is 83.2 Å². The van der Waals surface area contributed by atoms with Crippen LogP contribution >= 0.6 is 0 Å². The van der Waals surface area contributed by atoms with Crippen LogP contribution in [0.1, 0.15) is 52.0 Å². The van der Waals surface area contributed by atoms with Crippen LogP contribution in [0.25, 0.3) is 33.4 Å². The largest absolute Gasteiger partial charge is 0.481 e. The number of aliphatic carboxylic acids is 1. The molecule has 2 N–H and O–H groups in total. The summed E-state index contributed by atoms with van der Waals surface area (Å²) < 4.78 is 19.6. The van der Waals surface area contributed by atoms with E-state index in [9.17, 15) is 23.9 Å². The average Bonchev–Trinajstić information content (AvgIpc) is 3.22. The van der Waals surface area contributed by atoms with Gasteiger partial charge in [-0.1, -0.05) is 18.2 Å². The van der Waals surface area contributed by atoms with Crippen molar-refractivity contribution in [2.45, 2.75) is 32.1 Å². The maximum Gasteiger partial charge on any atom is 0.307 e. The first-order valence-electron chi connectivity index (χ1n) is 12.7. The normalized spacial score (nSPS) is 19.5. The summed E-state index contributed by atoms with van der Waals surface area (Å²) in [4.78, 5) is 37.9. The molecule has 3 aromatic carbocycles. The maximum atomic E-state index is 13.6. The van der Waals surface area contributed by atoms with Gasteiger partial charge in [0.15, 0.2) is 5.78 Å². The molecule has 0 spiro atoms. The number of carboxylic acid groups (broad SMARTS) is 1. The molecule has 0 unspecified atom stereocenters. The highest BCUT2D eigenvalue weighted by molar-refractivity contribution is 6.12. The van der Waals surface area contributed by atoms with Gasteiger partial charge in [-0.25, -0.2) is 4.39 Å². The van der Waals surface area contributed by atoms with Crippen LogP contribution in [0.4, 0.5) is 4.39 Å². The van der Waals surface area contributed by atoms with Gasteiger partial charge in [-0.3, -0.25) is 14.4 Å². The van der Waals surface area contributed by atoms with E-state index in [-0.39, 0.29) is 34.8 Å². The van der Waals surface area contributed by atoms with Gasteiger partial charge in [0.2, 0.25) is 0 Å². The Morgan fingerprint density at radius 3 is 2.39 bits per heavy atom. The molecule has 3 aliphatic rings. The molecule has 2 bridgehead atoms. The highest BCUT2D eigenvalue weighted by Gasteiger charge is 2.56. The van der Waals surface area contributed by atoms with Crippen LogP contribution in [-0.2, 0) is 11.2 Å². The third-order valence-corrected chi connectivity index (χ3v) is 8.01. The SMILES string of the molecule is CNC(=O)c1c(-c2ccc(F)cc2)oc2cc(CC(=O)O)c(-c3cccc(C(=O)CC45CC(C4)C5)c3)cc12. The number of ketones is 1. The summed E-state index contributed by atoms with van der Waals surface area (Å²) in [6.45, 7) is 0. The van der Waals surface area contributed by atoms with E-state index in [0.717, 1.165) is 25.2 Å². The van der Waals surface area contributed by atoms with Crippen molar-refractivity contribution in [1.29, 1.82) is 0 Å². The number of hydrogen-bond donors (Lipinski definition) is 2. The minimum absolute atomic E-state index is 0.0961. The van der Waals surface area contributed by atoms with Crippen LogP contribution in [-0.4, -0.2) is 29.8 Å². The molecular weight excluding hydrogens is 485 g/mol. The van der Waals surface area contributed by atoms with Gasteiger partial charge in [-0.2, -0.15) is 0 Å². The Morgan fingerprint density at radius 1 is 1.03 bits per heavy atom. The van der Waals surface area contributed by atoms with Crippen molar-refractivity contribution in [3.63, 3.8) is 0 Å². The smallest absolute Gasteiger partial charge is 0.307 e. The molecule has 1 aromatic heterocycles. The number of furan rings is 1. The highest BCUT2D eigenvalue weighted by Crippen LogP contribution is 2.66. The molecule has 1 heterocycles. The topological polar surface area (TPSA) is 96.6 Å². The van der Waals surface area contributed by atoms with E-state index < -0.39 is 11.8 Å². The molecule has 38 heavy (non-hydrogen) atoms. The third-order valence-electron chi connectivity index (χ3n) is 8.01. The summed E-state index contributed by atoms with van der Waals surface area (Å²) in [5.74, 6) is -0.663. The average molecular weight is 512 g/mol. The number of rotatable bonds is 8. The second kappa shape index (κ2) is 8.94. The second-order valence-corrected chi connectivity index (χ2v) is 10.6. The summed E-state index contributed by atoms with van der Waals surface area (Å²) in [6, 6.07) is 16.3. The number of carbonyl (C=O) groups is 3. The van der Waals surface area contributed by atoms with E-state index in [4.69, 9.17) is 4.42 Å². The first kappa shape index (κ1) is 24.1. The van der Waals surface area contributed by atoms with Crippen molar-refractivity contribution >= 4 is 28.6 Å². The first-order chi connectivity index (χ1) is 18.2. The molecule has 3 aliphatic carbocycles. The molecule has 0 atom stereocenters. The molecule has 192 valence electrons. The van der Waals surface area contributed by atoms with E-state index in [1.54, 1.807) is 30.3 Å². The van der Waals surface area contributed by atoms with Gasteiger partial charge in [0.25, 0.3) is 5.91 Å². The van der Waals surface area contributed by atoms with Gasteiger partial charge in [-0.15, -0.1) is 0 Å². The van der Waals surface area contributed by atoms with Crippen molar-refractivity contribution in [2.75, 3.05) is 7.05 Å².